The highest BCUT2D eigenvalue weighted by Crippen LogP contribution is 2.30. The standard InChI is InChI=1S/C11H5F6N3/c12-10(13,14)7-3-1-6(2-4-7)8-5-18-9(20-19-8)11(15,16)17/h1-5H. The number of hydrogen-bond acceptors (Lipinski definition) is 3. The summed E-state index contributed by atoms with van der Waals surface area (Å²) < 4.78 is 73.7. The Morgan fingerprint density at radius 3 is 1.75 bits per heavy atom. The molecule has 1 aromatic carbocycles. The quantitative estimate of drug-likeness (QED) is 0.754. The molecule has 1 heterocycles. The van der Waals surface area contributed by atoms with Crippen LogP contribution in [-0.4, -0.2) is 15.2 Å². The largest absolute Gasteiger partial charge is 0.453 e. The summed E-state index contributed by atoms with van der Waals surface area (Å²) in [7, 11) is 0. The van der Waals surface area contributed by atoms with Crippen molar-refractivity contribution in [3.05, 3.63) is 41.9 Å². The van der Waals surface area contributed by atoms with Crippen molar-refractivity contribution in [3.8, 4) is 11.3 Å². The van der Waals surface area contributed by atoms with Crippen molar-refractivity contribution in [1.82, 2.24) is 15.2 Å². The first-order chi connectivity index (χ1) is 9.18. The van der Waals surface area contributed by atoms with Crippen molar-refractivity contribution in [3.63, 3.8) is 0 Å². The minimum atomic E-state index is -4.72. The van der Waals surface area contributed by atoms with Gasteiger partial charge in [0.1, 0.15) is 5.69 Å². The van der Waals surface area contributed by atoms with E-state index >= 15 is 0 Å². The fourth-order valence-electron chi connectivity index (χ4n) is 1.37. The number of hydrogen-bond donors (Lipinski definition) is 0. The van der Waals surface area contributed by atoms with Gasteiger partial charge in [-0.2, -0.15) is 26.3 Å². The number of aromatic nitrogens is 3. The second-order valence-electron chi connectivity index (χ2n) is 3.74. The predicted molar refractivity (Wildman–Crippen MR) is 55.3 cm³/mol. The molecule has 0 bridgehead atoms. The fraction of sp³-hybridized carbons (Fsp3) is 0.182. The van der Waals surface area contributed by atoms with E-state index in [1.807, 2.05) is 0 Å². The third kappa shape index (κ3) is 3.03. The Kier molecular flexibility index (Phi) is 3.36. The molecule has 0 fully saturated rings. The summed E-state index contributed by atoms with van der Waals surface area (Å²) in [5.41, 5.74) is -0.729. The fourth-order valence-corrected chi connectivity index (χ4v) is 1.37. The van der Waals surface area contributed by atoms with Crippen LogP contribution < -0.4 is 0 Å². The number of benzene rings is 1. The van der Waals surface area contributed by atoms with E-state index in [1.165, 1.54) is 0 Å². The molecule has 0 aliphatic rings. The topological polar surface area (TPSA) is 38.7 Å². The third-order valence-corrected chi connectivity index (χ3v) is 2.32. The van der Waals surface area contributed by atoms with E-state index in [9.17, 15) is 26.3 Å². The van der Waals surface area contributed by atoms with Gasteiger partial charge in [-0.15, -0.1) is 10.2 Å². The maximum atomic E-state index is 12.3. The molecule has 9 heteroatoms. The maximum Gasteiger partial charge on any atom is 0.453 e. The first-order valence-corrected chi connectivity index (χ1v) is 5.12. The molecule has 0 aliphatic carbocycles. The predicted octanol–water partition coefficient (Wildman–Crippen LogP) is 3.58. The molecule has 0 aliphatic heterocycles. The van der Waals surface area contributed by atoms with E-state index in [0.717, 1.165) is 30.5 Å². The van der Waals surface area contributed by atoms with Gasteiger partial charge in [-0.25, -0.2) is 4.98 Å². The molecule has 0 amide bonds. The van der Waals surface area contributed by atoms with Gasteiger partial charge in [-0.05, 0) is 12.1 Å². The second-order valence-corrected chi connectivity index (χ2v) is 3.74. The zero-order chi connectivity index (χ0) is 15.0. The minimum Gasteiger partial charge on any atom is -0.229 e. The van der Waals surface area contributed by atoms with E-state index in [4.69, 9.17) is 0 Å². The van der Waals surface area contributed by atoms with Gasteiger partial charge in [-0.1, -0.05) is 12.1 Å². The smallest absolute Gasteiger partial charge is 0.229 e. The normalized spacial score (nSPS) is 12.5. The third-order valence-electron chi connectivity index (χ3n) is 2.32. The Bertz CT molecular complexity index is 530. The summed E-state index contributed by atoms with van der Waals surface area (Å²) in [6.07, 6.45) is -8.40. The van der Waals surface area contributed by atoms with Crippen molar-refractivity contribution < 1.29 is 26.3 Å². The van der Waals surface area contributed by atoms with Gasteiger partial charge in [-0.3, -0.25) is 0 Å². The highest BCUT2D eigenvalue weighted by atomic mass is 19.4. The molecule has 0 unspecified atom stereocenters. The second kappa shape index (κ2) is 4.73. The molecule has 2 rings (SSSR count). The van der Waals surface area contributed by atoms with E-state index in [-0.39, 0.29) is 11.3 Å². The molecule has 0 saturated heterocycles. The van der Waals surface area contributed by atoms with Crippen LogP contribution in [0.5, 0.6) is 0 Å². The van der Waals surface area contributed by atoms with Crippen LogP contribution in [0.2, 0.25) is 0 Å². The summed E-state index contributed by atoms with van der Waals surface area (Å²) >= 11 is 0. The zero-order valence-electron chi connectivity index (χ0n) is 9.50. The van der Waals surface area contributed by atoms with Crippen molar-refractivity contribution in [2.75, 3.05) is 0 Å². The van der Waals surface area contributed by atoms with Gasteiger partial charge in [0.05, 0.1) is 11.8 Å². The minimum absolute atomic E-state index is 0.0493. The van der Waals surface area contributed by atoms with Gasteiger partial charge in [0.15, 0.2) is 0 Å². The number of nitrogens with zero attached hydrogens (tertiary/aromatic N) is 3. The monoisotopic (exact) mass is 293 g/mol. The highest BCUT2D eigenvalue weighted by Gasteiger charge is 2.35. The lowest BCUT2D eigenvalue weighted by molar-refractivity contribution is -0.145. The van der Waals surface area contributed by atoms with Crippen molar-refractivity contribution >= 4 is 0 Å². The first-order valence-electron chi connectivity index (χ1n) is 5.12. The lowest BCUT2D eigenvalue weighted by Crippen LogP contribution is -2.12. The lowest BCUT2D eigenvalue weighted by Gasteiger charge is -2.07. The molecular weight excluding hydrogens is 288 g/mol. The van der Waals surface area contributed by atoms with Crippen LogP contribution in [0, 0.1) is 0 Å². The van der Waals surface area contributed by atoms with Crippen molar-refractivity contribution in [1.29, 1.82) is 0 Å². The maximum absolute atomic E-state index is 12.3. The number of rotatable bonds is 1. The Hall–Kier alpha value is -2.19. The first kappa shape index (κ1) is 14.2. The molecule has 20 heavy (non-hydrogen) atoms. The summed E-state index contributed by atoms with van der Waals surface area (Å²) in [5, 5.41) is 6.18. The summed E-state index contributed by atoms with van der Waals surface area (Å²) in [5.74, 6) is -1.41. The lowest BCUT2D eigenvalue weighted by atomic mass is 10.1. The van der Waals surface area contributed by atoms with Crippen LogP contribution in [0.4, 0.5) is 26.3 Å². The van der Waals surface area contributed by atoms with E-state index in [1.54, 1.807) is 0 Å². The van der Waals surface area contributed by atoms with Crippen LogP contribution in [0.3, 0.4) is 0 Å². The van der Waals surface area contributed by atoms with Crippen LogP contribution in [0.25, 0.3) is 11.3 Å². The van der Waals surface area contributed by atoms with Gasteiger partial charge < -0.3 is 0 Å². The molecule has 0 N–H and O–H groups in total. The zero-order valence-corrected chi connectivity index (χ0v) is 9.50. The van der Waals surface area contributed by atoms with Crippen LogP contribution in [0.1, 0.15) is 11.4 Å². The molecule has 0 atom stereocenters. The van der Waals surface area contributed by atoms with E-state index in [2.05, 4.69) is 15.2 Å². The van der Waals surface area contributed by atoms with Crippen LogP contribution in [0.15, 0.2) is 30.5 Å². The Morgan fingerprint density at radius 1 is 0.750 bits per heavy atom. The summed E-state index contributed by atoms with van der Waals surface area (Å²) in [4.78, 5) is 3.08. The molecule has 0 radical (unpaired) electrons. The summed E-state index contributed by atoms with van der Waals surface area (Å²) in [6.45, 7) is 0. The van der Waals surface area contributed by atoms with Gasteiger partial charge in [0.25, 0.3) is 5.82 Å². The molecule has 0 spiro atoms. The average molecular weight is 293 g/mol. The van der Waals surface area contributed by atoms with Gasteiger partial charge >= 0.3 is 12.4 Å². The van der Waals surface area contributed by atoms with Crippen LogP contribution >= 0.6 is 0 Å². The van der Waals surface area contributed by atoms with E-state index < -0.39 is 23.7 Å². The molecule has 106 valence electrons. The van der Waals surface area contributed by atoms with Crippen molar-refractivity contribution in [2.45, 2.75) is 12.4 Å². The molecule has 3 nitrogen and oxygen atoms in total. The average Bonchev–Trinajstić information content (AvgIpc) is 2.37. The van der Waals surface area contributed by atoms with Crippen molar-refractivity contribution in [2.24, 2.45) is 0 Å². The van der Waals surface area contributed by atoms with Crippen LogP contribution in [-0.2, 0) is 12.4 Å². The van der Waals surface area contributed by atoms with Gasteiger partial charge in [0, 0.05) is 5.56 Å². The molecular formula is C11H5F6N3. The Balaban J connectivity index is 2.29. The molecule has 2 aromatic rings. The van der Waals surface area contributed by atoms with E-state index in [0.29, 0.717) is 0 Å². The highest BCUT2D eigenvalue weighted by molar-refractivity contribution is 5.57. The Labute approximate surface area is 108 Å². The Morgan fingerprint density at radius 2 is 1.35 bits per heavy atom. The summed E-state index contributed by atoms with van der Waals surface area (Å²) in [6, 6.07) is 3.77. The van der Waals surface area contributed by atoms with Gasteiger partial charge in [0.2, 0.25) is 0 Å². The molecule has 0 saturated carbocycles. The SMILES string of the molecule is FC(F)(F)c1ccc(-c2cnc(C(F)(F)F)nn2)cc1. The number of halogens is 6. The number of alkyl halides is 6. The molecule has 1 aromatic heterocycles.